The van der Waals surface area contributed by atoms with Crippen molar-refractivity contribution in [1.82, 2.24) is 15.1 Å². The van der Waals surface area contributed by atoms with Gasteiger partial charge in [-0.15, -0.1) is 0 Å². The van der Waals surface area contributed by atoms with E-state index in [4.69, 9.17) is 8.94 Å². The molecule has 3 heterocycles. The minimum absolute atomic E-state index is 0.00590. The van der Waals surface area contributed by atoms with Gasteiger partial charge in [0.1, 0.15) is 12.1 Å². The number of aromatic nitrogens is 3. The summed E-state index contributed by atoms with van der Waals surface area (Å²) in [6.07, 6.45) is 6.92. The van der Waals surface area contributed by atoms with E-state index in [0.29, 0.717) is 29.6 Å². The number of nitrogens with one attached hydrogen (secondary N) is 2. The van der Waals surface area contributed by atoms with Crippen molar-refractivity contribution < 1.29 is 18.5 Å². The van der Waals surface area contributed by atoms with Gasteiger partial charge < -0.3 is 19.6 Å². The van der Waals surface area contributed by atoms with Crippen molar-refractivity contribution in [2.45, 2.75) is 25.7 Å². The number of furan rings is 1. The van der Waals surface area contributed by atoms with Crippen molar-refractivity contribution in [3.63, 3.8) is 0 Å². The largest absolute Gasteiger partial charge is 0.472 e. The topological polar surface area (TPSA) is 123 Å². The summed E-state index contributed by atoms with van der Waals surface area (Å²) < 4.78 is 10.1. The minimum atomic E-state index is -0.199. The molecular weight excluding hydrogens is 350 g/mol. The molecular formula is C18H17N5O4. The van der Waals surface area contributed by atoms with Gasteiger partial charge in [0.15, 0.2) is 0 Å². The van der Waals surface area contributed by atoms with Gasteiger partial charge in [0.25, 0.3) is 0 Å². The van der Waals surface area contributed by atoms with Crippen molar-refractivity contribution in [3.05, 3.63) is 42.8 Å². The summed E-state index contributed by atoms with van der Waals surface area (Å²) in [5, 5.41) is 9.34. The average Bonchev–Trinajstić information content (AvgIpc) is 3.17. The molecule has 0 atom stereocenters. The molecule has 1 saturated carbocycles. The lowest BCUT2D eigenvalue weighted by Crippen LogP contribution is -2.15. The van der Waals surface area contributed by atoms with Crippen LogP contribution in [-0.2, 0) is 16.0 Å². The number of nitrogens with zero attached hydrogens (tertiary/aromatic N) is 3. The highest BCUT2D eigenvalue weighted by Crippen LogP contribution is 2.30. The Morgan fingerprint density at radius 1 is 1.19 bits per heavy atom. The smallest absolute Gasteiger partial charge is 0.228 e. The SMILES string of the molecule is O=C(CCc1nc(-c2ccoc2)no1)Nc1ccc(NC(=O)C2CC2)nc1. The van der Waals surface area contributed by atoms with E-state index in [1.54, 1.807) is 18.2 Å². The number of pyridine rings is 1. The van der Waals surface area contributed by atoms with Gasteiger partial charge in [-0.25, -0.2) is 4.98 Å². The number of hydrogen-bond acceptors (Lipinski definition) is 7. The standard InChI is InChI=1S/C18H17N5O4/c24-15(5-6-16-22-17(23-27-16)12-7-8-26-10-12)20-13-3-4-14(19-9-13)21-18(25)11-1-2-11/h3-4,7-11H,1-2,5-6H2,(H,20,24)(H,19,21,25). The molecule has 0 radical (unpaired) electrons. The third-order valence-electron chi connectivity index (χ3n) is 4.06. The van der Waals surface area contributed by atoms with E-state index in [1.165, 1.54) is 18.7 Å². The van der Waals surface area contributed by atoms with Crippen LogP contribution in [0.25, 0.3) is 11.4 Å². The van der Waals surface area contributed by atoms with Gasteiger partial charge in [-0.1, -0.05) is 5.16 Å². The van der Waals surface area contributed by atoms with E-state index in [-0.39, 0.29) is 24.2 Å². The highest BCUT2D eigenvalue weighted by atomic mass is 16.5. The predicted octanol–water partition coefficient (Wildman–Crippen LogP) is 2.64. The third-order valence-corrected chi connectivity index (χ3v) is 4.06. The van der Waals surface area contributed by atoms with Crippen LogP contribution >= 0.6 is 0 Å². The molecule has 138 valence electrons. The lowest BCUT2D eigenvalue weighted by atomic mass is 10.2. The van der Waals surface area contributed by atoms with E-state index >= 15 is 0 Å². The molecule has 3 aromatic heterocycles. The normalized spacial score (nSPS) is 13.3. The maximum Gasteiger partial charge on any atom is 0.228 e. The number of hydrogen-bond donors (Lipinski definition) is 2. The number of aryl methyl sites for hydroxylation is 1. The van der Waals surface area contributed by atoms with Gasteiger partial charge in [-0.05, 0) is 31.0 Å². The van der Waals surface area contributed by atoms with Gasteiger partial charge in [0.05, 0.1) is 23.7 Å². The molecule has 1 fully saturated rings. The van der Waals surface area contributed by atoms with Crippen LogP contribution < -0.4 is 10.6 Å². The van der Waals surface area contributed by atoms with E-state index in [1.807, 2.05) is 0 Å². The molecule has 1 aliphatic carbocycles. The molecule has 0 unspecified atom stereocenters. The molecule has 2 amide bonds. The summed E-state index contributed by atoms with van der Waals surface area (Å²) in [7, 11) is 0. The zero-order chi connectivity index (χ0) is 18.6. The molecule has 9 nitrogen and oxygen atoms in total. The van der Waals surface area contributed by atoms with E-state index in [0.717, 1.165) is 18.4 Å². The number of carbonyl (C=O) groups is 2. The summed E-state index contributed by atoms with van der Waals surface area (Å²) in [6.45, 7) is 0. The second kappa shape index (κ2) is 7.40. The first kappa shape index (κ1) is 17.0. The highest BCUT2D eigenvalue weighted by molar-refractivity contribution is 5.94. The number of amides is 2. The summed E-state index contributed by atoms with van der Waals surface area (Å²) in [4.78, 5) is 32.1. The van der Waals surface area contributed by atoms with Gasteiger partial charge in [0, 0.05) is 18.8 Å². The van der Waals surface area contributed by atoms with Crippen LogP contribution in [0.15, 0.2) is 45.9 Å². The van der Waals surface area contributed by atoms with Crippen LogP contribution in [0.4, 0.5) is 11.5 Å². The predicted molar refractivity (Wildman–Crippen MR) is 94.5 cm³/mol. The van der Waals surface area contributed by atoms with Crippen LogP contribution in [0.5, 0.6) is 0 Å². The van der Waals surface area contributed by atoms with Gasteiger partial charge in [-0.3, -0.25) is 9.59 Å². The maximum atomic E-state index is 12.1. The van der Waals surface area contributed by atoms with Gasteiger partial charge in [0.2, 0.25) is 23.5 Å². The fourth-order valence-electron chi connectivity index (χ4n) is 2.42. The van der Waals surface area contributed by atoms with E-state index in [9.17, 15) is 9.59 Å². The van der Waals surface area contributed by atoms with Gasteiger partial charge >= 0.3 is 0 Å². The zero-order valence-corrected chi connectivity index (χ0v) is 14.3. The monoisotopic (exact) mass is 367 g/mol. The van der Waals surface area contributed by atoms with Crippen molar-refractivity contribution in [2.24, 2.45) is 5.92 Å². The summed E-state index contributed by atoms with van der Waals surface area (Å²) >= 11 is 0. The number of anilines is 2. The number of rotatable bonds is 7. The Morgan fingerprint density at radius 3 is 2.78 bits per heavy atom. The van der Waals surface area contributed by atoms with E-state index < -0.39 is 0 Å². The average molecular weight is 367 g/mol. The fourth-order valence-corrected chi connectivity index (χ4v) is 2.42. The second-order valence-corrected chi connectivity index (χ2v) is 6.27. The summed E-state index contributed by atoms with van der Waals surface area (Å²) in [5.74, 6) is 1.18. The molecule has 27 heavy (non-hydrogen) atoms. The van der Waals surface area contributed by atoms with Crippen LogP contribution in [-0.4, -0.2) is 26.9 Å². The summed E-state index contributed by atoms with van der Waals surface area (Å²) in [6, 6.07) is 5.08. The Kier molecular flexibility index (Phi) is 4.65. The Bertz CT molecular complexity index is 929. The lowest BCUT2D eigenvalue weighted by molar-refractivity contribution is -0.117. The van der Waals surface area contributed by atoms with Gasteiger partial charge in [-0.2, -0.15) is 4.98 Å². The molecule has 0 aliphatic heterocycles. The lowest BCUT2D eigenvalue weighted by Gasteiger charge is -2.06. The van der Waals surface area contributed by atoms with E-state index in [2.05, 4.69) is 25.8 Å². The Morgan fingerprint density at radius 2 is 2.07 bits per heavy atom. The minimum Gasteiger partial charge on any atom is -0.472 e. The molecule has 3 aromatic rings. The quantitative estimate of drug-likeness (QED) is 0.658. The molecule has 1 aliphatic rings. The second-order valence-electron chi connectivity index (χ2n) is 6.27. The maximum absolute atomic E-state index is 12.1. The van der Waals surface area contributed by atoms with Crippen molar-refractivity contribution in [1.29, 1.82) is 0 Å². The third kappa shape index (κ3) is 4.38. The molecule has 0 aromatic carbocycles. The van der Waals surface area contributed by atoms with Crippen LogP contribution in [0, 0.1) is 5.92 Å². The first-order valence-electron chi connectivity index (χ1n) is 8.59. The van der Waals surface area contributed by atoms with Crippen LogP contribution in [0.3, 0.4) is 0 Å². The molecule has 2 N–H and O–H groups in total. The van der Waals surface area contributed by atoms with Crippen molar-refractivity contribution in [2.75, 3.05) is 10.6 Å². The van der Waals surface area contributed by atoms with Crippen LogP contribution in [0.1, 0.15) is 25.2 Å². The Balaban J connectivity index is 1.26. The highest BCUT2D eigenvalue weighted by Gasteiger charge is 2.29. The molecule has 0 saturated heterocycles. The number of carbonyl (C=O) groups excluding carboxylic acids is 2. The van der Waals surface area contributed by atoms with Crippen molar-refractivity contribution in [3.8, 4) is 11.4 Å². The first-order valence-corrected chi connectivity index (χ1v) is 8.59. The van der Waals surface area contributed by atoms with Crippen LogP contribution in [0.2, 0.25) is 0 Å². The summed E-state index contributed by atoms with van der Waals surface area (Å²) in [5.41, 5.74) is 1.27. The first-order chi connectivity index (χ1) is 13.2. The van der Waals surface area contributed by atoms with Crippen molar-refractivity contribution >= 4 is 23.3 Å². The molecule has 9 heteroatoms. The fraction of sp³-hybridized carbons (Fsp3) is 0.278. The Hall–Kier alpha value is -3.49. The molecule has 0 bridgehead atoms. The molecule has 4 rings (SSSR count). The molecule has 0 spiro atoms. The Labute approximate surface area is 154 Å². The zero-order valence-electron chi connectivity index (χ0n) is 14.3.